The molecule has 4 heteroatoms. The molecule has 0 saturated heterocycles. The second-order valence-corrected chi connectivity index (χ2v) is 4.13. The summed E-state index contributed by atoms with van der Waals surface area (Å²) in [6, 6.07) is 6.44. The lowest BCUT2D eigenvalue weighted by Gasteiger charge is -2.19. The van der Waals surface area contributed by atoms with Gasteiger partial charge in [-0.3, -0.25) is 9.59 Å². The third-order valence-electron chi connectivity index (χ3n) is 2.59. The highest BCUT2D eigenvalue weighted by Gasteiger charge is 2.18. The predicted molar refractivity (Wildman–Crippen MR) is 66.4 cm³/mol. The molecule has 0 aromatic heterocycles. The van der Waals surface area contributed by atoms with Crippen LogP contribution in [0.15, 0.2) is 24.3 Å². The fourth-order valence-corrected chi connectivity index (χ4v) is 1.49. The normalized spacial score (nSPS) is 11.4. The molecule has 0 heterocycles. The lowest BCUT2D eigenvalue weighted by atomic mass is 10.1. The molecule has 1 rings (SSSR count). The molecule has 4 nitrogen and oxygen atoms in total. The smallest absolute Gasteiger partial charge is 0.308 e. The van der Waals surface area contributed by atoms with E-state index in [9.17, 15) is 9.59 Å². The molecular formula is C14H14NO3. The summed E-state index contributed by atoms with van der Waals surface area (Å²) in [6.07, 6.45) is 6.94. The van der Waals surface area contributed by atoms with Gasteiger partial charge < -0.3 is 10.0 Å². The van der Waals surface area contributed by atoms with Crippen LogP contribution in [0.4, 0.5) is 0 Å². The number of nitrogens with zero attached hydrogens (tertiary/aromatic N) is 1. The molecule has 1 aromatic rings. The van der Waals surface area contributed by atoms with Crippen LogP contribution in [0.5, 0.6) is 0 Å². The van der Waals surface area contributed by atoms with Gasteiger partial charge in [-0.1, -0.05) is 12.8 Å². The first-order chi connectivity index (χ1) is 8.45. The number of aliphatic carboxylic acids is 1. The number of rotatable bonds is 4. The number of carbonyl (C=O) groups excluding carboxylic acids is 1. The highest BCUT2D eigenvalue weighted by molar-refractivity contribution is 5.94. The van der Waals surface area contributed by atoms with Gasteiger partial charge in [-0.05, 0) is 30.7 Å². The van der Waals surface area contributed by atoms with Crippen LogP contribution in [0.2, 0.25) is 0 Å². The van der Waals surface area contributed by atoms with Gasteiger partial charge in [-0.25, -0.2) is 0 Å². The number of hydrogen-bond acceptors (Lipinski definition) is 2. The van der Waals surface area contributed by atoms with E-state index in [1.807, 2.05) is 0 Å². The Hall–Kier alpha value is -2.28. The van der Waals surface area contributed by atoms with Gasteiger partial charge in [0, 0.05) is 24.7 Å². The highest BCUT2D eigenvalue weighted by Crippen LogP contribution is 2.08. The predicted octanol–water partition coefficient (Wildman–Crippen LogP) is 1.42. The van der Waals surface area contributed by atoms with Crippen LogP contribution in [0.1, 0.15) is 22.8 Å². The minimum atomic E-state index is -0.927. The summed E-state index contributed by atoms with van der Waals surface area (Å²) in [5.74, 6) is 0.449. The van der Waals surface area contributed by atoms with Crippen molar-refractivity contribution in [3.05, 3.63) is 41.8 Å². The monoisotopic (exact) mass is 244 g/mol. The minimum absolute atomic E-state index is 0.159. The van der Waals surface area contributed by atoms with E-state index in [0.717, 1.165) is 0 Å². The Bertz CT molecular complexity index is 485. The van der Waals surface area contributed by atoms with Gasteiger partial charge in [-0.2, -0.15) is 0 Å². The van der Waals surface area contributed by atoms with Crippen LogP contribution in [0.25, 0.3) is 0 Å². The van der Waals surface area contributed by atoms with Crippen molar-refractivity contribution >= 4 is 11.9 Å². The van der Waals surface area contributed by atoms with Crippen LogP contribution in [-0.4, -0.2) is 35.5 Å². The highest BCUT2D eigenvalue weighted by atomic mass is 16.4. The molecule has 1 N–H and O–H groups in total. The average Bonchev–Trinajstić information content (AvgIpc) is 2.37. The summed E-state index contributed by atoms with van der Waals surface area (Å²) in [5.41, 5.74) is 1.06. The molecule has 93 valence electrons. The van der Waals surface area contributed by atoms with Crippen LogP contribution in [-0.2, 0) is 4.79 Å². The first-order valence-electron chi connectivity index (χ1n) is 5.46. The lowest BCUT2D eigenvalue weighted by Crippen LogP contribution is -2.33. The van der Waals surface area contributed by atoms with Gasteiger partial charge in [0.25, 0.3) is 5.91 Å². The summed E-state index contributed by atoms with van der Waals surface area (Å²) >= 11 is 0. The lowest BCUT2D eigenvalue weighted by molar-refractivity contribution is -0.141. The molecule has 0 bridgehead atoms. The Morgan fingerprint density at radius 2 is 1.94 bits per heavy atom. The van der Waals surface area contributed by atoms with Crippen molar-refractivity contribution in [2.24, 2.45) is 5.92 Å². The van der Waals surface area contributed by atoms with E-state index in [0.29, 0.717) is 11.1 Å². The Balaban J connectivity index is 2.74. The van der Waals surface area contributed by atoms with Gasteiger partial charge in [-0.15, -0.1) is 0 Å². The zero-order valence-corrected chi connectivity index (χ0v) is 10.3. The Morgan fingerprint density at radius 1 is 1.39 bits per heavy atom. The van der Waals surface area contributed by atoms with Crippen molar-refractivity contribution in [2.75, 3.05) is 13.6 Å². The van der Waals surface area contributed by atoms with Crippen LogP contribution in [0, 0.1) is 18.3 Å². The molecule has 1 amide bonds. The van der Waals surface area contributed by atoms with Crippen molar-refractivity contribution in [3.8, 4) is 5.92 Å². The topological polar surface area (TPSA) is 57.6 Å². The number of carbonyl (C=O) groups is 2. The number of carboxylic acids is 1. The van der Waals surface area contributed by atoms with E-state index in [4.69, 9.17) is 11.5 Å². The molecular weight excluding hydrogens is 230 g/mol. The van der Waals surface area contributed by atoms with E-state index in [1.54, 1.807) is 38.2 Å². The zero-order chi connectivity index (χ0) is 13.7. The molecule has 0 saturated carbocycles. The Labute approximate surface area is 106 Å². The van der Waals surface area contributed by atoms with E-state index >= 15 is 0 Å². The van der Waals surface area contributed by atoms with E-state index in [-0.39, 0.29) is 12.5 Å². The number of benzene rings is 1. The standard InChI is InChI=1S/C14H14NO3/c1-4-11-5-7-12(8-6-11)13(16)15(3)9-10(2)14(17)18/h5-8,10H,9H2,2-3H3,(H,17,18). The molecule has 1 unspecified atom stereocenters. The first-order valence-corrected chi connectivity index (χ1v) is 5.46. The van der Waals surface area contributed by atoms with Gasteiger partial charge in [0.2, 0.25) is 0 Å². The van der Waals surface area contributed by atoms with Crippen molar-refractivity contribution in [1.82, 2.24) is 4.90 Å². The summed E-state index contributed by atoms with van der Waals surface area (Å²) in [7, 11) is 1.57. The van der Waals surface area contributed by atoms with Gasteiger partial charge in [0.15, 0.2) is 0 Å². The second kappa shape index (κ2) is 5.87. The quantitative estimate of drug-likeness (QED) is 0.815. The largest absolute Gasteiger partial charge is 0.481 e. The van der Waals surface area contributed by atoms with Gasteiger partial charge >= 0.3 is 5.97 Å². The molecule has 0 aliphatic heterocycles. The fourth-order valence-electron chi connectivity index (χ4n) is 1.49. The summed E-state index contributed by atoms with van der Waals surface area (Å²) in [5, 5.41) is 8.78. The second-order valence-electron chi connectivity index (χ2n) is 4.13. The maximum atomic E-state index is 12.0. The fraction of sp³-hybridized carbons (Fsp3) is 0.286. The molecule has 1 aromatic carbocycles. The zero-order valence-electron chi connectivity index (χ0n) is 10.3. The average molecular weight is 244 g/mol. The van der Waals surface area contributed by atoms with Crippen LogP contribution in [0.3, 0.4) is 0 Å². The Morgan fingerprint density at radius 3 is 2.39 bits per heavy atom. The molecule has 18 heavy (non-hydrogen) atoms. The van der Waals surface area contributed by atoms with E-state index < -0.39 is 11.9 Å². The van der Waals surface area contributed by atoms with Gasteiger partial charge in [0.1, 0.15) is 0 Å². The molecule has 0 fully saturated rings. The SMILES string of the molecule is [C]#Cc1ccc(C(=O)N(C)CC(C)C(=O)O)cc1. The summed E-state index contributed by atoms with van der Waals surface area (Å²) < 4.78 is 0. The molecule has 0 spiro atoms. The van der Waals surface area contributed by atoms with Gasteiger partial charge in [0.05, 0.1) is 5.92 Å². The Kier molecular flexibility index (Phi) is 4.50. The maximum Gasteiger partial charge on any atom is 0.308 e. The van der Waals surface area contributed by atoms with E-state index in [2.05, 4.69) is 5.92 Å². The molecule has 0 aliphatic carbocycles. The van der Waals surface area contributed by atoms with Crippen molar-refractivity contribution in [3.63, 3.8) is 0 Å². The van der Waals surface area contributed by atoms with Crippen molar-refractivity contribution in [1.29, 1.82) is 0 Å². The minimum Gasteiger partial charge on any atom is -0.481 e. The van der Waals surface area contributed by atoms with Crippen molar-refractivity contribution < 1.29 is 14.7 Å². The summed E-state index contributed by atoms with van der Waals surface area (Å²) in [4.78, 5) is 24.1. The number of amides is 1. The molecule has 0 aliphatic rings. The third kappa shape index (κ3) is 3.36. The first kappa shape index (κ1) is 13.8. The molecule has 1 radical (unpaired) electrons. The molecule has 1 atom stereocenters. The number of hydrogen-bond donors (Lipinski definition) is 1. The number of carboxylic acid groups (broad SMARTS) is 1. The van der Waals surface area contributed by atoms with Crippen molar-refractivity contribution in [2.45, 2.75) is 6.92 Å². The maximum absolute atomic E-state index is 12.0. The third-order valence-corrected chi connectivity index (χ3v) is 2.59. The van der Waals surface area contributed by atoms with Crippen LogP contribution >= 0.6 is 0 Å². The van der Waals surface area contributed by atoms with E-state index in [1.165, 1.54) is 4.90 Å². The summed E-state index contributed by atoms with van der Waals surface area (Å²) in [6.45, 7) is 1.71. The van der Waals surface area contributed by atoms with Crippen LogP contribution < -0.4 is 0 Å².